The van der Waals surface area contributed by atoms with Crippen molar-refractivity contribution in [2.75, 3.05) is 24.6 Å². The summed E-state index contributed by atoms with van der Waals surface area (Å²) in [5.74, 6) is 2.43. The highest BCUT2D eigenvalue weighted by Gasteiger charge is 2.22. The van der Waals surface area contributed by atoms with E-state index in [2.05, 4.69) is 30.1 Å². The van der Waals surface area contributed by atoms with Gasteiger partial charge in [-0.2, -0.15) is 11.8 Å². The van der Waals surface area contributed by atoms with Crippen molar-refractivity contribution in [3.8, 4) is 0 Å². The molecule has 0 saturated carbocycles. The van der Waals surface area contributed by atoms with Gasteiger partial charge in [0.15, 0.2) is 0 Å². The lowest BCUT2D eigenvalue weighted by molar-refractivity contribution is -0.125. The summed E-state index contributed by atoms with van der Waals surface area (Å²) >= 11 is 3.74. The third kappa shape index (κ3) is 3.97. The lowest BCUT2D eigenvalue weighted by atomic mass is 10.2. The fourth-order valence-electron chi connectivity index (χ4n) is 2.19. The van der Waals surface area contributed by atoms with Gasteiger partial charge in [0.2, 0.25) is 5.91 Å². The van der Waals surface area contributed by atoms with Gasteiger partial charge in [-0.3, -0.25) is 9.69 Å². The van der Waals surface area contributed by atoms with Gasteiger partial charge in [-0.25, -0.2) is 0 Å². The number of rotatable bonds is 4. The predicted molar refractivity (Wildman–Crippen MR) is 84.0 cm³/mol. The van der Waals surface area contributed by atoms with E-state index in [0.29, 0.717) is 6.54 Å². The SMILES string of the molecule is Cc1cc(CNC(=O)C(C)N2CCSCC2)sc1C. The monoisotopic (exact) mass is 298 g/mol. The van der Waals surface area contributed by atoms with Crippen molar-refractivity contribution in [2.24, 2.45) is 0 Å². The molecule has 1 unspecified atom stereocenters. The average Bonchev–Trinajstić information content (AvgIpc) is 2.75. The van der Waals surface area contributed by atoms with Gasteiger partial charge < -0.3 is 5.32 Å². The van der Waals surface area contributed by atoms with Gasteiger partial charge in [0.05, 0.1) is 12.6 Å². The van der Waals surface area contributed by atoms with E-state index in [9.17, 15) is 4.79 Å². The zero-order chi connectivity index (χ0) is 13.8. The van der Waals surface area contributed by atoms with Gasteiger partial charge in [0.25, 0.3) is 0 Å². The van der Waals surface area contributed by atoms with Crippen LogP contribution in [0, 0.1) is 13.8 Å². The second-order valence-electron chi connectivity index (χ2n) is 4.99. The molecular formula is C14H22N2OS2. The minimum Gasteiger partial charge on any atom is -0.350 e. The molecule has 19 heavy (non-hydrogen) atoms. The summed E-state index contributed by atoms with van der Waals surface area (Å²) in [6, 6.07) is 2.16. The van der Waals surface area contributed by atoms with Crippen LogP contribution in [0.25, 0.3) is 0 Å². The van der Waals surface area contributed by atoms with Crippen molar-refractivity contribution in [3.63, 3.8) is 0 Å². The molecule has 0 radical (unpaired) electrons. The number of hydrogen-bond acceptors (Lipinski definition) is 4. The Labute approximate surface area is 123 Å². The molecule has 3 nitrogen and oxygen atoms in total. The zero-order valence-electron chi connectivity index (χ0n) is 11.9. The van der Waals surface area contributed by atoms with E-state index in [1.807, 2.05) is 18.7 Å². The van der Waals surface area contributed by atoms with Crippen LogP contribution in [0.4, 0.5) is 0 Å². The summed E-state index contributed by atoms with van der Waals surface area (Å²) in [5.41, 5.74) is 1.32. The molecule has 1 amide bonds. The Bertz CT molecular complexity index is 419. The Balaban J connectivity index is 1.83. The van der Waals surface area contributed by atoms with Crippen LogP contribution in [0.1, 0.15) is 22.2 Å². The normalized spacial score (nSPS) is 18.3. The van der Waals surface area contributed by atoms with Gasteiger partial charge >= 0.3 is 0 Å². The van der Waals surface area contributed by atoms with Crippen LogP contribution < -0.4 is 5.32 Å². The van der Waals surface area contributed by atoms with Gasteiger partial charge in [0.1, 0.15) is 0 Å². The highest BCUT2D eigenvalue weighted by Crippen LogP contribution is 2.20. The Morgan fingerprint density at radius 3 is 2.68 bits per heavy atom. The van der Waals surface area contributed by atoms with Crippen molar-refractivity contribution in [3.05, 3.63) is 21.4 Å². The van der Waals surface area contributed by atoms with E-state index in [0.717, 1.165) is 24.6 Å². The molecule has 0 aliphatic carbocycles. The maximum atomic E-state index is 12.2. The van der Waals surface area contributed by atoms with Crippen molar-refractivity contribution in [2.45, 2.75) is 33.4 Å². The minimum atomic E-state index is -0.0111. The van der Waals surface area contributed by atoms with Crippen LogP contribution in [0.5, 0.6) is 0 Å². The van der Waals surface area contributed by atoms with E-state index < -0.39 is 0 Å². The number of hydrogen-bond donors (Lipinski definition) is 1. The van der Waals surface area contributed by atoms with Crippen molar-refractivity contribution >= 4 is 29.0 Å². The summed E-state index contributed by atoms with van der Waals surface area (Å²) in [6.07, 6.45) is 0. The molecule has 0 bridgehead atoms. The highest BCUT2D eigenvalue weighted by atomic mass is 32.2. The van der Waals surface area contributed by atoms with E-state index in [1.54, 1.807) is 11.3 Å². The number of thiophene rings is 1. The maximum Gasteiger partial charge on any atom is 0.237 e. The first-order valence-electron chi connectivity index (χ1n) is 6.73. The first-order chi connectivity index (χ1) is 9.08. The van der Waals surface area contributed by atoms with Gasteiger partial charge in [-0.1, -0.05) is 0 Å². The quantitative estimate of drug-likeness (QED) is 0.926. The standard InChI is InChI=1S/C14H22N2OS2/c1-10-8-13(19-12(10)3)9-15-14(17)11(2)16-4-6-18-7-5-16/h8,11H,4-7,9H2,1-3H3,(H,15,17). The second kappa shape index (κ2) is 6.77. The molecule has 1 aromatic rings. The van der Waals surface area contributed by atoms with Crippen LogP contribution in [-0.4, -0.2) is 41.4 Å². The maximum absolute atomic E-state index is 12.2. The molecule has 1 aliphatic heterocycles. The Morgan fingerprint density at radius 2 is 2.11 bits per heavy atom. The minimum absolute atomic E-state index is 0.0111. The molecule has 106 valence electrons. The van der Waals surface area contributed by atoms with Gasteiger partial charge in [-0.15, -0.1) is 11.3 Å². The third-order valence-corrected chi connectivity index (χ3v) is 5.72. The molecule has 1 saturated heterocycles. The van der Waals surface area contributed by atoms with E-state index in [-0.39, 0.29) is 11.9 Å². The number of carbonyl (C=O) groups excluding carboxylic acids is 1. The van der Waals surface area contributed by atoms with Crippen LogP contribution in [0.15, 0.2) is 6.07 Å². The predicted octanol–water partition coefficient (Wildman–Crippen LogP) is 2.42. The number of nitrogens with one attached hydrogen (secondary N) is 1. The van der Waals surface area contributed by atoms with Gasteiger partial charge in [-0.05, 0) is 32.4 Å². The molecule has 5 heteroatoms. The third-order valence-electron chi connectivity index (χ3n) is 3.63. The molecule has 2 rings (SSSR count). The Hall–Kier alpha value is -0.520. The molecule has 2 heterocycles. The molecule has 0 aromatic carbocycles. The smallest absolute Gasteiger partial charge is 0.237 e. The molecular weight excluding hydrogens is 276 g/mol. The number of thioether (sulfide) groups is 1. The van der Waals surface area contributed by atoms with Crippen LogP contribution >= 0.6 is 23.1 Å². The van der Waals surface area contributed by atoms with E-state index in [1.165, 1.54) is 15.3 Å². The molecule has 1 N–H and O–H groups in total. The van der Waals surface area contributed by atoms with Crippen molar-refractivity contribution in [1.29, 1.82) is 0 Å². The zero-order valence-corrected chi connectivity index (χ0v) is 13.5. The lowest BCUT2D eigenvalue weighted by Gasteiger charge is -2.31. The van der Waals surface area contributed by atoms with Gasteiger partial charge in [0, 0.05) is 34.3 Å². The summed E-state index contributed by atoms with van der Waals surface area (Å²) in [7, 11) is 0. The number of nitrogens with zero attached hydrogens (tertiary/aromatic N) is 1. The first kappa shape index (κ1) is 14.9. The summed E-state index contributed by atoms with van der Waals surface area (Å²) in [6.45, 7) is 8.96. The largest absolute Gasteiger partial charge is 0.350 e. The molecule has 1 aliphatic rings. The topological polar surface area (TPSA) is 32.3 Å². The number of amides is 1. The lowest BCUT2D eigenvalue weighted by Crippen LogP contribution is -2.48. The first-order valence-corrected chi connectivity index (χ1v) is 8.70. The number of carbonyl (C=O) groups is 1. The molecule has 0 spiro atoms. The summed E-state index contributed by atoms with van der Waals surface area (Å²) < 4.78 is 0. The van der Waals surface area contributed by atoms with Crippen LogP contribution in [-0.2, 0) is 11.3 Å². The molecule has 1 aromatic heterocycles. The second-order valence-corrected chi connectivity index (χ2v) is 7.56. The van der Waals surface area contributed by atoms with Crippen molar-refractivity contribution < 1.29 is 4.79 Å². The van der Waals surface area contributed by atoms with E-state index >= 15 is 0 Å². The molecule has 1 atom stereocenters. The Kier molecular flexibility index (Phi) is 5.30. The fraction of sp³-hybridized carbons (Fsp3) is 0.643. The summed E-state index contributed by atoms with van der Waals surface area (Å²) in [5, 5.41) is 3.06. The fourth-order valence-corrected chi connectivity index (χ4v) is 4.11. The van der Waals surface area contributed by atoms with Crippen LogP contribution in [0.2, 0.25) is 0 Å². The average molecular weight is 298 g/mol. The highest BCUT2D eigenvalue weighted by molar-refractivity contribution is 7.99. The Morgan fingerprint density at radius 1 is 1.42 bits per heavy atom. The summed E-state index contributed by atoms with van der Waals surface area (Å²) in [4.78, 5) is 17.0. The van der Waals surface area contributed by atoms with E-state index in [4.69, 9.17) is 0 Å². The van der Waals surface area contributed by atoms with Crippen LogP contribution in [0.3, 0.4) is 0 Å². The molecule has 1 fully saturated rings. The number of aryl methyl sites for hydroxylation is 2. The van der Waals surface area contributed by atoms with Crippen molar-refractivity contribution in [1.82, 2.24) is 10.2 Å².